The summed E-state index contributed by atoms with van der Waals surface area (Å²) in [6.45, 7) is 0. The highest BCUT2D eigenvalue weighted by molar-refractivity contribution is 6.63. The molecule has 1 aromatic heterocycles. The van der Waals surface area contributed by atoms with Crippen LogP contribution in [-0.4, -0.2) is 39.6 Å². The summed E-state index contributed by atoms with van der Waals surface area (Å²) in [4.78, 5) is 4.16. The van der Waals surface area contributed by atoms with E-state index in [9.17, 15) is 0 Å². The number of nitrogens with one attached hydrogen (secondary N) is 1. The van der Waals surface area contributed by atoms with E-state index in [0.717, 1.165) is 0 Å². The summed E-state index contributed by atoms with van der Waals surface area (Å²) in [5, 5.41) is 17.0. The van der Waals surface area contributed by atoms with Crippen molar-refractivity contribution in [3.05, 3.63) is 6.07 Å². The molecule has 15 heavy (non-hydrogen) atoms. The highest BCUT2D eigenvalue weighted by atomic mass is 15.5. The molecule has 0 bridgehead atoms. The molecule has 0 fully saturated rings. The maximum atomic E-state index is 7.63. The minimum atomic E-state index is 0.249. The van der Waals surface area contributed by atoms with Gasteiger partial charge in [0.05, 0.1) is 6.21 Å². The van der Waals surface area contributed by atoms with Crippen LogP contribution in [0.25, 0.3) is 0 Å². The van der Waals surface area contributed by atoms with Crippen molar-refractivity contribution in [3.63, 3.8) is 0 Å². The Morgan fingerprint density at radius 1 is 1.47 bits per heavy atom. The van der Waals surface area contributed by atoms with Crippen molar-refractivity contribution < 1.29 is 0 Å². The van der Waals surface area contributed by atoms with Crippen molar-refractivity contribution in [2.24, 2.45) is 17.1 Å². The van der Waals surface area contributed by atoms with E-state index < -0.39 is 0 Å². The summed E-state index contributed by atoms with van der Waals surface area (Å²) in [5.74, 6) is 1.26. The summed E-state index contributed by atoms with van der Waals surface area (Å²) in [6, 6.07) is 1.65. The molecule has 78 valence electrons. The third kappa shape index (κ3) is 1.58. The van der Waals surface area contributed by atoms with Crippen LogP contribution in [0.3, 0.4) is 0 Å². The number of nitrogens with two attached hydrogens (primary N) is 1. The average Bonchev–Trinajstić information content (AvgIpc) is 2.65. The van der Waals surface area contributed by atoms with Crippen LogP contribution in [0, 0.1) is 5.41 Å². The molecule has 1 aliphatic heterocycles. The normalized spacial score (nSPS) is 18.1. The van der Waals surface area contributed by atoms with Crippen LogP contribution in [0.15, 0.2) is 16.2 Å². The average molecular weight is 205 g/mol. The van der Waals surface area contributed by atoms with Crippen LogP contribution >= 0.6 is 0 Å². The zero-order valence-electron chi connectivity index (χ0n) is 8.47. The summed E-state index contributed by atoms with van der Waals surface area (Å²) in [6.07, 6.45) is 1.52. The molecule has 3 N–H and O–H groups in total. The van der Waals surface area contributed by atoms with Crippen molar-refractivity contribution in [2.75, 3.05) is 12.8 Å². The van der Waals surface area contributed by atoms with Crippen LogP contribution in [-0.2, 0) is 7.05 Å². The number of nitrogens with zero attached hydrogens (tertiary/aromatic N) is 5. The van der Waals surface area contributed by atoms with Gasteiger partial charge in [0, 0.05) is 20.2 Å². The fourth-order valence-electron chi connectivity index (χ4n) is 1.15. The standard InChI is InChI=1S/C8H11N7/c1-14-6(9)3-7(13-14)12-5-4-11-15(2)8(5)10/h3-4,10H,9H2,1-2H3. The maximum Gasteiger partial charge on any atom is 0.176 e. The number of nitrogen functional groups attached to an aromatic ring is 1. The molecular formula is C8H11N7. The van der Waals surface area contributed by atoms with E-state index in [4.69, 9.17) is 11.1 Å². The number of hydrogen-bond donors (Lipinski definition) is 2. The quantitative estimate of drug-likeness (QED) is 0.674. The molecule has 0 radical (unpaired) electrons. The van der Waals surface area contributed by atoms with Gasteiger partial charge in [-0.2, -0.15) is 10.2 Å². The number of hydrogen-bond acceptors (Lipinski definition) is 5. The molecule has 0 aromatic carbocycles. The van der Waals surface area contributed by atoms with Gasteiger partial charge in [0.2, 0.25) is 0 Å². The molecule has 0 aliphatic carbocycles. The van der Waals surface area contributed by atoms with Gasteiger partial charge in [-0.3, -0.25) is 10.1 Å². The van der Waals surface area contributed by atoms with Gasteiger partial charge in [-0.05, 0) is 0 Å². The number of aromatic nitrogens is 2. The number of aliphatic imine (C=N–C) groups is 1. The van der Waals surface area contributed by atoms with Crippen molar-refractivity contribution >= 4 is 29.4 Å². The van der Waals surface area contributed by atoms with Crippen molar-refractivity contribution in [3.8, 4) is 0 Å². The lowest BCUT2D eigenvalue weighted by molar-refractivity contribution is 0.560. The van der Waals surface area contributed by atoms with Crippen molar-refractivity contribution in [1.29, 1.82) is 5.41 Å². The first-order chi connectivity index (χ1) is 7.08. The molecule has 0 unspecified atom stereocenters. The minimum Gasteiger partial charge on any atom is -0.384 e. The molecule has 0 amide bonds. The van der Waals surface area contributed by atoms with Gasteiger partial charge >= 0.3 is 0 Å². The van der Waals surface area contributed by atoms with Crippen LogP contribution < -0.4 is 5.73 Å². The number of anilines is 1. The predicted octanol–water partition coefficient (Wildman–Crippen LogP) is -0.0167. The molecular weight excluding hydrogens is 194 g/mol. The van der Waals surface area contributed by atoms with Gasteiger partial charge < -0.3 is 5.73 Å². The third-order valence-electron chi connectivity index (χ3n) is 2.06. The number of amidine groups is 1. The lowest BCUT2D eigenvalue weighted by atomic mass is 10.4. The molecule has 0 saturated heterocycles. The van der Waals surface area contributed by atoms with Crippen LogP contribution in [0.4, 0.5) is 11.6 Å². The van der Waals surface area contributed by atoms with Gasteiger partial charge in [-0.1, -0.05) is 0 Å². The van der Waals surface area contributed by atoms with Crippen LogP contribution in [0.1, 0.15) is 0 Å². The second-order valence-corrected chi connectivity index (χ2v) is 3.16. The molecule has 7 nitrogen and oxygen atoms in total. The SMILES string of the molecule is CN1N=CC(=Nc2cc(N)n(C)n2)C1=N. The van der Waals surface area contributed by atoms with Gasteiger partial charge in [0.15, 0.2) is 11.7 Å². The second kappa shape index (κ2) is 3.19. The smallest absolute Gasteiger partial charge is 0.176 e. The fourth-order valence-corrected chi connectivity index (χ4v) is 1.15. The Labute approximate surface area is 86.4 Å². The van der Waals surface area contributed by atoms with Crippen molar-refractivity contribution in [2.45, 2.75) is 0 Å². The Hall–Kier alpha value is -2.18. The number of aryl methyl sites for hydroxylation is 1. The monoisotopic (exact) mass is 205 g/mol. The first-order valence-electron chi connectivity index (χ1n) is 4.33. The summed E-state index contributed by atoms with van der Waals surface area (Å²) in [5.41, 5.74) is 6.09. The predicted molar refractivity (Wildman–Crippen MR) is 58.7 cm³/mol. The molecule has 7 heteroatoms. The summed E-state index contributed by atoms with van der Waals surface area (Å²) >= 11 is 0. The van der Waals surface area contributed by atoms with E-state index in [0.29, 0.717) is 17.3 Å². The van der Waals surface area contributed by atoms with E-state index in [1.54, 1.807) is 20.2 Å². The first-order valence-corrected chi connectivity index (χ1v) is 4.33. The van der Waals surface area contributed by atoms with Gasteiger partial charge in [0.1, 0.15) is 11.5 Å². The number of rotatable bonds is 1. The van der Waals surface area contributed by atoms with E-state index >= 15 is 0 Å². The Morgan fingerprint density at radius 3 is 2.67 bits per heavy atom. The summed E-state index contributed by atoms with van der Waals surface area (Å²) < 4.78 is 1.53. The van der Waals surface area contributed by atoms with E-state index in [1.165, 1.54) is 15.9 Å². The molecule has 2 rings (SSSR count). The van der Waals surface area contributed by atoms with Gasteiger partial charge in [-0.15, -0.1) is 0 Å². The molecule has 0 saturated carbocycles. The maximum absolute atomic E-state index is 7.63. The Kier molecular flexibility index (Phi) is 2.00. The number of hydrazone groups is 1. The molecule has 1 aliphatic rings. The zero-order chi connectivity index (χ0) is 11.0. The van der Waals surface area contributed by atoms with Crippen LogP contribution in [0.2, 0.25) is 0 Å². The fraction of sp³-hybridized carbons (Fsp3) is 0.250. The topological polar surface area (TPSA) is 95.7 Å². The molecule has 1 aromatic rings. The van der Waals surface area contributed by atoms with E-state index in [2.05, 4.69) is 15.2 Å². The lowest BCUT2D eigenvalue weighted by Gasteiger charge is -2.03. The second-order valence-electron chi connectivity index (χ2n) is 3.16. The minimum absolute atomic E-state index is 0.249. The van der Waals surface area contributed by atoms with E-state index in [1.807, 2.05) is 0 Å². The summed E-state index contributed by atoms with van der Waals surface area (Å²) in [7, 11) is 3.42. The first kappa shape index (κ1) is 9.38. The largest absolute Gasteiger partial charge is 0.384 e. The highest BCUT2D eigenvalue weighted by Crippen LogP contribution is 2.14. The Bertz CT molecular complexity index is 448. The Morgan fingerprint density at radius 2 is 2.20 bits per heavy atom. The Balaban J connectivity index is 2.32. The lowest BCUT2D eigenvalue weighted by Crippen LogP contribution is -2.21. The molecule has 2 heterocycles. The van der Waals surface area contributed by atoms with Crippen LogP contribution in [0.5, 0.6) is 0 Å². The molecule has 0 atom stereocenters. The van der Waals surface area contributed by atoms with Gasteiger partial charge in [0.25, 0.3) is 0 Å². The van der Waals surface area contributed by atoms with Gasteiger partial charge in [-0.25, -0.2) is 10.0 Å². The highest BCUT2D eigenvalue weighted by Gasteiger charge is 2.16. The zero-order valence-corrected chi connectivity index (χ0v) is 8.47. The molecule has 0 spiro atoms. The third-order valence-corrected chi connectivity index (χ3v) is 2.06. The van der Waals surface area contributed by atoms with E-state index in [-0.39, 0.29) is 5.84 Å². The van der Waals surface area contributed by atoms with Crippen molar-refractivity contribution in [1.82, 2.24) is 14.8 Å².